The highest BCUT2D eigenvalue weighted by Crippen LogP contribution is 2.43. The summed E-state index contributed by atoms with van der Waals surface area (Å²) in [4.78, 5) is 0. The lowest BCUT2D eigenvalue weighted by atomic mass is 10.5. The van der Waals surface area contributed by atoms with Crippen molar-refractivity contribution >= 4 is 25.7 Å². The van der Waals surface area contributed by atoms with Gasteiger partial charge in [0.1, 0.15) is 0 Å². The maximum atomic E-state index is 7.20. The minimum Gasteiger partial charge on any atom is -0.415 e. The summed E-state index contributed by atoms with van der Waals surface area (Å²) < 4.78 is 39.6. The maximum Gasteiger partial charge on any atom is 0.322 e. The van der Waals surface area contributed by atoms with Gasteiger partial charge in [-0.2, -0.15) is 0 Å². The van der Waals surface area contributed by atoms with E-state index in [-0.39, 0.29) is 18.3 Å². The fourth-order valence-electron chi connectivity index (χ4n) is 4.56. The Hall–Kier alpha value is 0.411. The predicted molar refractivity (Wildman–Crippen MR) is 143 cm³/mol. The summed E-state index contributed by atoms with van der Waals surface area (Å²) in [5, 5.41) is 0. The van der Waals surface area contributed by atoms with Crippen molar-refractivity contribution in [3.05, 3.63) is 0 Å². The molecule has 0 radical (unpaired) electrons. The Morgan fingerprint density at radius 2 is 0.697 bits per heavy atom. The maximum absolute atomic E-state index is 7.20. The van der Waals surface area contributed by atoms with Gasteiger partial charge in [0.05, 0.1) is 18.3 Å². The van der Waals surface area contributed by atoms with Crippen LogP contribution in [0.3, 0.4) is 0 Å². The molecule has 1 heterocycles. The van der Waals surface area contributed by atoms with Gasteiger partial charge in [-0.1, -0.05) is 40.0 Å². The summed E-state index contributed by atoms with van der Waals surface area (Å²) in [5.41, 5.74) is 0. The van der Waals surface area contributed by atoms with Gasteiger partial charge in [0.2, 0.25) is 0 Å². The summed E-state index contributed by atoms with van der Waals surface area (Å²) in [6.07, 6.45) is 3.83. The van der Waals surface area contributed by atoms with Gasteiger partial charge in [-0.05, 0) is 59.7 Å². The molecule has 9 heteroatoms. The highest BCUT2D eigenvalue weighted by molar-refractivity contribution is 6.94. The van der Waals surface area contributed by atoms with E-state index in [2.05, 4.69) is 62.3 Å². The van der Waals surface area contributed by atoms with E-state index >= 15 is 0 Å². The molecule has 198 valence electrons. The molecule has 0 bridgehead atoms. The average molecular weight is 523 g/mol. The number of rotatable bonds is 18. The zero-order chi connectivity index (χ0) is 25.0. The molecule has 0 amide bonds. The lowest BCUT2D eigenvalue weighted by Crippen LogP contribution is -2.70. The Morgan fingerprint density at radius 1 is 0.455 bits per heavy atom. The van der Waals surface area contributed by atoms with E-state index in [1.807, 2.05) is 0 Å². The molecule has 0 saturated carbocycles. The Kier molecular flexibility index (Phi) is 14.8. The van der Waals surface area contributed by atoms with Gasteiger partial charge in [0, 0.05) is 38.0 Å². The average Bonchev–Trinajstić information content (AvgIpc) is 2.67. The molecule has 1 aliphatic heterocycles. The predicted octanol–water partition coefficient (Wildman–Crippen LogP) is 6.88. The number of hydrogen-bond acceptors (Lipinski definition) is 6. The second-order valence-electron chi connectivity index (χ2n) is 10.3. The van der Waals surface area contributed by atoms with Gasteiger partial charge in [-0.15, -0.1) is 0 Å². The molecule has 0 aromatic rings. The molecule has 6 nitrogen and oxygen atoms in total. The molecule has 0 aromatic heterocycles. The zero-order valence-electron chi connectivity index (χ0n) is 23.2. The Labute approximate surface area is 208 Å². The van der Waals surface area contributed by atoms with Crippen molar-refractivity contribution in [1.82, 2.24) is 0 Å². The Morgan fingerprint density at radius 3 is 0.879 bits per heavy atom. The summed E-state index contributed by atoms with van der Waals surface area (Å²) in [6.45, 7) is 21.4. The van der Waals surface area contributed by atoms with Crippen LogP contribution in [0.25, 0.3) is 0 Å². The van der Waals surface area contributed by atoms with Crippen LogP contribution >= 0.6 is 0 Å². The van der Waals surface area contributed by atoms with Gasteiger partial charge in [0.15, 0.2) is 0 Å². The Bertz CT molecular complexity index is 441. The van der Waals surface area contributed by atoms with Crippen LogP contribution in [0, 0.1) is 0 Å². The van der Waals surface area contributed by atoms with Crippen LogP contribution in [0.4, 0.5) is 0 Å². The molecule has 0 atom stereocenters. The number of ether oxygens (including phenoxy) is 3. The molecular weight excluding hydrogens is 469 g/mol. The summed E-state index contributed by atoms with van der Waals surface area (Å²) in [6, 6.07) is 5.67. The smallest absolute Gasteiger partial charge is 0.322 e. The fourth-order valence-corrected chi connectivity index (χ4v) is 23.5. The first-order chi connectivity index (χ1) is 15.6. The third kappa shape index (κ3) is 11.3. The van der Waals surface area contributed by atoms with Gasteiger partial charge in [-0.3, -0.25) is 0 Å². The minimum atomic E-state index is -2.49. The molecule has 0 spiro atoms. The van der Waals surface area contributed by atoms with Crippen molar-refractivity contribution in [2.24, 2.45) is 0 Å². The third-order valence-electron chi connectivity index (χ3n) is 5.81. The van der Waals surface area contributed by atoms with Crippen LogP contribution in [-0.2, 0) is 26.6 Å². The van der Waals surface area contributed by atoms with E-state index in [9.17, 15) is 0 Å². The van der Waals surface area contributed by atoms with E-state index < -0.39 is 25.7 Å². The summed E-state index contributed by atoms with van der Waals surface area (Å²) >= 11 is 0. The van der Waals surface area contributed by atoms with Crippen molar-refractivity contribution < 1.29 is 26.6 Å². The zero-order valence-corrected chi connectivity index (χ0v) is 26.2. The van der Waals surface area contributed by atoms with Crippen LogP contribution in [0.5, 0.6) is 0 Å². The van der Waals surface area contributed by atoms with Crippen LogP contribution in [0.15, 0.2) is 0 Å². The molecule has 0 aromatic carbocycles. The fraction of sp³-hybridized carbons (Fsp3) is 1.00. The van der Waals surface area contributed by atoms with Crippen LogP contribution in [0.1, 0.15) is 81.6 Å². The molecule has 1 saturated heterocycles. The molecule has 33 heavy (non-hydrogen) atoms. The molecule has 1 fully saturated rings. The van der Waals surface area contributed by atoms with Gasteiger partial charge >= 0.3 is 25.7 Å². The molecule has 0 unspecified atom stereocenters. The van der Waals surface area contributed by atoms with E-state index in [1.165, 1.54) is 0 Å². The first kappa shape index (κ1) is 31.4. The van der Waals surface area contributed by atoms with E-state index in [0.717, 1.165) is 55.5 Å². The molecule has 1 rings (SSSR count). The van der Waals surface area contributed by atoms with Crippen molar-refractivity contribution in [3.8, 4) is 0 Å². The summed E-state index contributed by atoms with van der Waals surface area (Å²) in [7, 11) is -7.46. The monoisotopic (exact) mass is 522 g/mol. The van der Waals surface area contributed by atoms with Crippen molar-refractivity contribution in [2.45, 2.75) is 136 Å². The standard InChI is InChI=1S/C24H54O6Si3/c1-10-16-31(19-13-25-22(4)5)28-32(17-11-2,20-14-26-23(6)7)30-33(29-31,18-12-3)21-15-27-24(8)9/h22-24H,10-21H2,1-9H3. The SMILES string of the molecule is CCC[Si]1(CCOC(C)C)O[Si](CCC)(CCOC(C)C)O[Si](CCC)(CCOC(C)C)O1. The summed E-state index contributed by atoms with van der Waals surface area (Å²) in [5.74, 6) is 0. The molecular formula is C24H54O6Si3. The number of hydrogen-bond donors (Lipinski definition) is 0. The normalized spacial score (nSPS) is 28.4. The Balaban J connectivity index is 3.33. The van der Waals surface area contributed by atoms with Crippen molar-refractivity contribution in [3.63, 3.8) is 0 Å². The first-order valence-corrected chi connectivity index (χ1v) is 20.2. The van der Waals surface area contributed by atoms with Crippen LogP contribution in [0.2, 0.25) is 36.3 Å². The van der Waals surface area contributed by atoms with E-state index in [4.69, 9.17) is 26.6 Å². The second kappa shape index (κ2) is 15.5. The van der Waals surface area contributed by atoms with Gasteiger partial charge in [0.25, 0.3) is 0 Å². The third-order valence-corrected chi connectivity index (χ3v) is 21.4. The largest absolute Gasteiger partial charge is 0.415 e. The lowest BCUT2D eigenvalue weighted by molar-refractivity contribution is 0.0741. The van der Waals surface area contributed by atoms with E-state index in [1.54, 1.807) is 0 Å². The highest BCUT2D eigenvalue weighted by atomic mass is 28.5. The quantitative estimate of drug-likeness (QED) is 0.183. The topological polar surface area (TPSA) is 55.4 Å². The van der Waals surface area contributed by atoms with Crippen LogP contribution < -0.4 is 0 Å². The highest BCUT2D eigenvalue weighted by Gasteiger charge is 2.60. The molecule has 1 aliphatic rings. The van der Waals surface area contributed by atoms with Gasteiger partial charge in [-0.25, -0.2) is 0 Å². The molecule has 0 N–H and O–H groups in total. The first-order valence-electron chi connectivity index (χ1n) is 13.5. The van der Waals surface area contributed by atoms with Crippen LogP contribution in [-0.4, -0.2) is 63.8 Å². The van der Waals surface area contributed by atoms with E-state index in [0.29, 0.717) is 19.8 Å². The lowest BCUT2D eigenvalue weighted by Gasteiger charge is -2.54. The second-order valence-corrected chi connectivity index (χ2v) is 21.2. The van der Waals surface area contributed by atoms with Crippen molar-refractivity contribution in [1.29, 1.82) is 0 Å². The molecule has 0 aliphatic carbocycles. The van der Waals surface area contributed by atoms with Gasteiger partial charge < -0.3 is 26.6 Å². The minimum absolute atomic E-state index is 0.215. The van der Waals surface area contributed by atoms with Crippen molar-refractivity contribution in [2.75, 3.05) is 19.8 Å².